The number of carbonyl (C=O) groups is 1. The molecule has 0 spiro atoms. The number of benzene rings is 2. The van der Waals surface area contributed by atoms with E-state index >= 15 is 0 Å². The van der Waals surface area contributed by atoms with Crippen molar-refractivity contribution < 1.29 is 14.6 Å². The molecule has 2 aromatic rings. The van der Waals surface area contributed by atoms with Crippen LogP contribution >= 0.6 is 0 Å². The summed E-state index contributed by atoms with van der Waals surface area (Å²) in [6.45, 7) is 11.7. The third-order valence-corrected chi connectivity index (χ3v) is 3.86. The molecular formula is C21H24O3. The molecular weight excluding hydrogens is 300 g/mol. The van der Waals surface area contributed by atoms with Crippen LogP contribution in [0.4, 0.5) is 0 Å². The van der Waals surface area contributed by atoms with Crippen molar-refractivity contribution in [2.45, 2.75) is 39.5 Å². The summed E-state index contributed by atoms with van der Waals surface area (Å²) in [7, 11) is 0. The Morgan fingerprint density at radius 1 is 1.21 bits per heavy atom. The largest absolute Gasteiger partial charge is 0.508 e. The Kier molecular flexibility index (Phi) is 5.13. The number of hydrogen-bond acceptors (Lipinski definition) is 3. The number of para-hydroxylation sites is 1. The highest BCUT2D eigenvalue weighted by Crippen LogP contribution is 2.37. The zero-order valence-corrected chi connectivity index (χ0v) is 14.7. The molecule has 0 aliphatic carbocycles. The van der Waals surface area contributed by atoms with Gasteiger partial charge in [0.05, 0.1) is 0 Å². The van der Waals surface area contributed by atoms with E-state index in [1.165, 1.54) is 0 Å². The monoisotopic (exact) mass is 324 g/mol. The molecule has 0 saturated heterocycles. The van der Waals surface area contributed by atoms with Crippen molar-refractivity contribution in [1.29, 1.82) is 0 Å². The van der Waals surface area contributed by atoms with Gasteiger partial charge in [-0.1, -0.05) is 63.2 Å². The fourth-order valence-corrected chi connectivity index (χ4v) is 2.66. The normalized spacial score (nSPS) is 11.2. The Labute approximate surface area is 143 Å². The van der Waals surface area contributed by atoms with Gasteiger partial charge in [-0.15, -0.1) is 0 Å². The molecule has 0 saturated carbocycles. The molecule has 0 fully saturated rings. The van der Waals surface area contributed by atoms with E-state index in [0.717, 1.165) is 28.3 Å². The molecule has 0 aliphatic heterocycles. The summed E-state index contributed by atoms with van der Waals surface area (Å²) in [5.41, 5.74) is 3.53. The number of phenols is 1. The van der Waals surface area contributed by atoms with Crippen LogP contribution in [0.25, 0.3) is 0 Å². The predicted molar refractivity (Wildman–Crippen MR) is 96.6 cm³/mol. The molecule has 0 bridgehead atoms. The molecule has 0 radical (unpaired) electrons. The second-order valence-electron chi connectivity index (χ2n) is 6.98. The summed E-state index contributed by atoms with van der Waals surface area (Å²) in [5.74, 6) is 0.307. The molecule has 0 atom stereocenters. The van der Waals surface area contributed by atoms with Gasteiger partial charge in [-0.2, -0.15) is 0 Å². The fraction of sp³-hybridized carbons (Fsp3) is 0.286. The van der Waals surface area contributed by atoms with E-state index in [1.807, 2.05) is 31.2 Å². The van der Waals surface area contributed by atoms with Crippen LogP contribution in [0.5, 0.6) is 11.5 Å². The standard InChI is InChI=1S/C21H24O3/c1-6-19(23)24-20-16(13-15-9-7-8-10-18(15)22)11-14(2)12-17(20)21(3,4)5/h6-12,22H,1,13H2,2-5H3. The van der Waals surface area contributed by atoms with Gasteiger partial charge in [0.2, 0.25) is 0 Å². The summed E-state index contributed by atoms with van der Waals surface area (Å²) in [6, 6.07) is 11.2. The second kappa shape index (κ2) is 6.91. The van der Waals surface area contributed by atoms with Gasteiger partial charge in [0.15, 0.2) is 0 Å². The molecule has 1 N–H and O–H groups in total. The first kappa shape index (κ1) is 17.8. The number of aromatic hydroxyl groups is 1. The molecule has 0 aromatic heterocycles. The third-order valence-electron chi connectivity index (χ3n) is 3.86. The van der Waals surface area contributed by atoms with Gasteiger partial charge >= 0.3 is 5.97 Å². The summed E-state index contributed by atoms with van der Waals surface area (Å²) in [5, 5.41) is 10.1. The summed E-state index contributed by atoms with van der Waals surface area (Å²) >= 11 is 0. The van der Waals surface area contributed by atoms with Crippen LogP contribution in [0.2, 0.25) is 0 Å². The molecule has 2 aromatic carbocycles. The molecule has 3 nitrogen and oxygen atoms in total. The van der Waals surface area contributed by atoms with Gasteiger partial charge in [-0.3, -0.25) is 0 Å². The third kappa shape index (κ3) is 4.05. The van der Waals surface area contributed by atoms with E-state index in [0.29, 0.717) is 12.2 Å². The van der Waals surface area contributed by atoms with Crippen LogP contribution in [-0.2, 0) is 16.6 Å². The Bertz CT molecular complexity index is 767. The zero-order chi connectivity index (χ0) is 17.9. The van der Waals surface area contributed by atoms with Crippen LogP contribution in [0.3, 0.4) is 0 Å². The maximum atomic E-state index is 11.8. The average Bonchev–Trinajstić information content (AvgIpc) is 2.50. The van der Waals surface area contributed by atoms with Gasteiger partial charge in [0.1, 0.15) is 11.5 Å². The van der Waals surface area contributed by atoms with Crippen LogP contribution in [0.15, 0.2) is 49.1 Å². The number of carbonyl (C=O) groups excluding carboxylic acids is 1. The van der Waals surface area contributed by atoms with Crippen LogP contribution in [0.1, 0.15) is 43.0 Å². The SMILES string of the molecule is C=CC(=O)Oc1c(Cc2ccccc2O)cc(C)cc1C(C)(C)C. The van der Waals surface area contributed by atoms with Gasteiger partial charge in [0.25, 0.3) is 0 Å². The molecule has 126 valence electrons. The van der Waals surface area contributed by atoms with E-state index < -0.39 is 5.97 Å². The van der Waals surface area contributed by atoms with Crippen molar-refractivity contribution in [3.8, 4) is 11.5 Å². The first-order valence-corrected chi connectivity index (χ1v) is 7.97. The number of phenolic OH excluding ortho intramolecular Hbond substituents is 1. The lowest BCUT2D eigenvalue weighted by atomic mass is 9.83. The fourth-order valence-electron chi connectivity index (χ4n) is 2.66. The minimum Gasteiger partial charge on any atom is -0.508 e. The second-order valence-corrected chi connectivity index (χ2v) is 6.98. The van der Waals surface area contributed by atoms with Crippen molar-refractivity contribution in [3.05, 3.63) is 71.3 Å². The van der Waals surface area contributed by atoms with Gasteiger partial charge in [-0.25, -0.2) is 4.79 Å². The Balaban J connectivity index is 2.60. The number of hydrogen-bond donors (Lipinski definition) is 1. The Hall–Kier alpha value is -2.55. The molecule has 0 heterocycles. The van der Waals surface area contributed by atoms with E-state index in [9.17, 15) is 9.90 Å². The molecule has 0 aliphatic rings. The van der Waals surface area contributed by atoms with Crippen molar-refractivity contribution in [1.82, 2.24) is 0 Å². The number of ether oxygens (including phenoxy) is 1. The van der Waals surface area contributed by atoms with Crippen molar-refractivity contribution in [2.24, 2.45) is 0 Å². The Morgan fingerprint density at radius 3 is 2.46 bits per heavy atom. The van der Waals surface area contributed by atoms with Crippen LogP contribution < -0.4 is 4.74 Å². The first-order valence-electron chi connectivity index (χ1n) is 7.97. The summed E-state index contributed by atoms with van der Waals surface area (Å²) < 4.78 is 5.58. The Morgan fingerprint density at radius 2 is 1.88 bits per heavy atom. The summed E-state index contributed by atoms with van der Waals surface area (Å²) in [6.07, 6.45) is 1.65. The van der Waals surface area contributed by atoms with Gasteiger partial charge < -0.3 is 9.84 Å². The lowest BCUT2D eigenvalue weighted by Crippen LogP contribution is -2.17. The zero-order valence-electron chi connectivity index (χ0n) is 14.7. The molecule has 2 rings (SSSR count). The predicted octanol–water partition coefficient (Wildman–Crippen LogP) is 4.68. The van der Waals surface area contributed by atoms with Crippen LogP contribution in [0, 0.1) is 6.92 Å². The smallest absolute Gasteiger partial charge is 0.335 e. The maximum Gasteiger partial charge on any atom is 0.335 e. The molecule has 24 heavy (non-hydrogen) atoms. The van der Waals surface area contributed by atoms with E-state index in [2.05, 4.69) is 27.4 Å². The highest BCUT2D eigenvalue weighted by Gasteiger charge is 2.24. The minimum atomic E-state index is -0.483. The quantitative estimate of drug-likeness (QED) is 0.504. The topological polar surface area (TPSA) is 46.5 Å². The first-order chi connectivity index (χ1) is 11.2. The van der Waals surface area contributed by atoms with E-state index in [4.69, 9.17) is 4.74 Å². The highest BCUT2D eigenvalue weighted by molar-refractivity contribution is 5.84. The minimum absolute atomic E-state index is 0.184. The molecule has 0 unspecified atom stereocenters. The van der Waals surface area contributed by atoms with Crippen molar-refractivity contribution in [3.63, 3.8) is 0 Å². The van der Waals surface area contributed by atoms with E-state index in [-0.39, 0.29) is 11.2 Å². The van der Waals surface area contributed by atoms with E-state index in [1.54, 1.807) is 12.1 Å². The number of esters is 1. The number of aryl methyl sites for hydroxylation is 1. The van der Waals surface area contributed by atoms with Crippen molar-refractivity contribution in [2.75, 3.05) is 0 Å². The maximum absolute atomic E-state index is 11.8. The molecule has 3 heteroatoms. The average molecular weight is 324 g/mol. The number of rotatable bonds is 4. The van der Waals surface area contributed by atoms with Gasteiger partial charge in [0, 0.05) is 18.1 Å². The highest BCUT2D eigenvalue weighted by atomic mass is 16.5. The summed E-state index contributed by atoms with van der Waals surface area (Å²) in [4.78, 5) is 11.8. The van der Waals surface area contributed by atoms with Crippen LogP contribution in [-0.4, -0.2) is 11.1 Å². The molecule has 0 amide bonds. The van der Waals surface area contributed by atoms with Crippen molar-refractivity contribution >= 4 is 5.97 Å². The lowest BCUT2D eigenvalue weighted by Gasteiger charge is -2.25. The lowest BCUT2D eigenvalue weighted by molar-refractivity contribution is -0.129. The van der Waals surface area contributed by atoms with Gasteiger partial charge in [-0.05, 0) is 29.5 Å².